The van der Waals surface area contributed by atoms with Gasteiger partial charge in [0.15, 0.2) is 0 Å². The van der Waals surface area contributed by atoms with Crippen molar-refractivity contribution in [3.05, 3.63) is 35.4 Å². The Morgan fingerprint density at radius 1 is 1.11 bits per heavy atom. The number of hydrogen-bond donors (Lipinski definition) is 2. The summed E-state index contributed by atoms with van der Waals surface area (Å²) < 4.78 is 0. The van der Waals surface area contributed by atoms with E-state index in [1.807, 2.05) is 6.92 Å². The Morgan fingerprint density at radius 3 is 2.22 bits per heavy atom. The van der Waals surface area contributed by atoms with Crippen molar-refractivity contribution in [2.45, 2.75) is 52.6 Å². The highest BCUT2D eigenvalue weighted by Gasteiger charge is 2.13. The molecule has 1 aromatic rings. The molecule has 0 radical (unpaired) electrons. The van der Waals surface area contributed by atoms with Gasteiger partial charge < -0.3 is 10.6 Å². The van der Waals surface area contributed by atoms with E-state index in [1.54, 1.807) is 0 Å². The molecule has 2 N–H and O–H groups in total. The first-order valence-corrected chi connectivity index (χ1v) is 6.70. The first-order valence-electron chi connectivity index (χ1n) is 6.70. The third-order valence-electron chi connectivity index (χ3n) is 3.18. The molecule has 1 rings (SSSR count). The van der Waals surface area contributed by atoms with Crippen LogP contribution in [0.4, 0.5) is 4.79 Å². The van der Waals surface area contributed by atoms with Crippen molar-refractivity contribution >= 4 is 6.03 Å². The summed E-state index contributed by atoms with van der Waals surface area (Å²) in [5.41, 5.74) is 2.39. The Hall–Kier alpha value is -1.51. The Labute approximate surface area is 110 Å². The van der Waals surface area contributed by atoms with Crippen molar-refractivity contribution in [1.29, 1.82) is 0 Å². The Kier molecular flexibility index (Phi) is 5.69. The van der Waals surface area contributed by atoms with Gasteiger partial charge in [0, 0.05) is 6.04 Å². The van der Waals surface area contributed by atoms with Gasteiger partial charge in [-0.15, -0.1) is 0 Å². The van der Waals surface area contributed by atoms with Gasteiger partial charge in [0.05, 0.1) is 6.04 Å². The second kappa shape index (κ2) is 7.04. The van der Waals surface area contributed by atoms with Crippen LogP contribution in [0.3, 0.4) is 0 Å². The van der Waals surface area contributed by atoms with Crippen LogP contribution in [0, 0.1) is 6.92 Å². The van der Waals surface area contributed by atoms with E-state index in [1.165, 1.54) is 5.56 Å². The predicted molar refractivity (Wildman–Crippen MR) is 75.6 cm³/mol. The highest BCUT2D eigenvalue weighted by molar-refractivity contribution is 5.74. The molecule has 0 heterocycles. The molecule has 0 bridgehead atoms. The number of benzene rings is 1. The summed E-state index contributed by atoms with van der Waals surface area (Å²) in [6, 6.07) is 8.51. The van der Waals surface area contributed by atoms with Crippen LogP contribution in [-0.4, -0.2) is 12.1 Å². The molecule has 3 heteroatoms. The van der Waals surface area contributed by atoms with Gasteiger partial charge in [0.25, 0.3) is 0 Å². The third-order valence-corrected chi connectivity index (χ3v) is 3.18. The van der Waals surface area contributed by atoms with Crippen LogP contribution in [-0.2, 0) is 0 Å². The minimum atomic E-state index is -0.0863. The van der Waals surface area contributed by atoms with E-state index in [4.69, 9.17) is 0 Å². The van der Waals surface area contributed by atoms with Crippen molar-refractivity contribution in [1.82, 2.24) is 10.6 Å². The van der Waals surface area contributed by atoms with Crippen LogP contribution < -0.4 is 10.6 Å². The molecule has 0 fully saturated rings. The van der Waals surface area contributed by atoms with Gasteiger partial charge in [-0.1, -0.05) is 43.7 Å². The fourth-order valence-electron chi connectivity index (χ4n) is 1.75. The smallest absolute Gasteiger partial charge is 0.315 e. The summed E-state index contributed by atoms with van der Waals surface area (Å²) in [4.78, 5) is 11.8. The maximum absolute atomic E-state index is 11.8. The van der Waals surface area contributed by atoms with Crippen LogP contribution in [0.25, 0.3) is 0 Å². The number of carbonyl (C=O) groups is 1. The van der Waals surface area contributed by atoms with Gasteiger partial charge >= 0.3 is 6.03 Å². The molecule has 3 nitrogen and oxygen atoms in total. The monoisotopic (exact) mass is 248 g/mol. The van der Waals surface area contributed by atoms with E-state index in [9.17, 15) is 4.79 Å². The average molecular weight is 248 g/mol. The third kappa shape index (κ3) is 4.40. The molecule has 2 amide bonds. The van der Waals surface area contributed by atoms with Gasteiger partial charge in [0.2, 0.25) is 0 Å². The van der Waals surface area contributed by atoms with Gasteiger partial charge in [-0.25, -0.2) is 4.79 Å². The van der Waals surface area contributed by atoms with E-state index < -0.39 is 0 Å². The molecule has 18 heavy (non-hydrogen) atoms. The van der Waals surface area contributed by atoms with Crippen LogP contribution in [0.15, 0.2) is 24.3 Å². The molecule has 0 unspecified atom stereocenters. The summed E-state index contributed by atoms with van der Waals surface area (Å²) in [7, 11) is 0. The second-order valence-electron chi connectivity index (χ2n) is 4.80. The van der Waals surface area contributed by atoms with Gasteiger partial charge in [-0.2, -0.15) is 0 Å². The molecular weight excluding hydrogens is 224 g/mol. The molecule has 0 aliphatic heterocycles. The minimum absolute atomic E-state index is 0.0784. The average Bonchev–Trinajstić information content (AvgIpc) is 2.37. The lowest BCUT2D eigenvalue weighted by Crippen LogP contribution is -2.42. The van der Waals surface area contributed by atoms with Gasteiger partial charge in [-0.3, -0.25) is 0 Å². The largest absolute Gasteiger partial charge is 0.336 e. The van der Waals surface area contributed by atoms with Crippen molar-refractivity contribution in [2.75, 3.05) is 0 Å². The lowest BCUT2D eigenvalue weighted by atomic mass is 10.0. The van der Waals surface area contributed by atoms with E-state index in [0.29, 0.717) is 0 Å². The minimum Gasteiger partial charge on any atom is -0.336 e. The lowest BCUT2D eigenvalue weighted by Gasteiger charge is -2.20. The highest BCUT2D eigenvalue weighted by atomic mass is 16.2. The number of rotatable bonds is 5. The molecule has 0 aliphatic carbocycles. The van der Waals surface area contributed by atoms with Crippen LogP contribution >= 0.6 is 0 Å². The number of hydrogen-bond acceptors (Lipinski definition) is 1. The van der Waals surface area contributed by atoms with Crippen molar-refractivity contribution in [3.8, 4) is 0 Å². The molecule has 0 aromatic heterocycles. The zero-order chi connectivity index (χ0) is 13.5. The number of aryl methyl sites for hydroxylation is 1. The standard InChI is InChI=1S/C15H24N2O/c1-5-12(4)16-15(18)17-14(6-2)13-9-7-11(3)8-10-13/h7-10,12,14H,5-6H2,1-4H3,(H2,16,17,18)/t12-,14+/m0/s1. The first kappa shape index (κ1) is 14.6. The molecule has 0 saturated carbocycles. The molecule has 0 saturated heterocycles. The number of amides is 2. The maximum Gasteiger partial charge on any atom is 0.315 e. The van der Waals surface area contributed by atoms with Crippen LogP contribution in [0.1, 0.15) is 50.8 Å². The normalized spacial score (nSPS) is 13.8. The van der Waals surface area contributed by atoms with Crippen molar-refractivity contribution < 1.29 is 4.79 Å². The van der Waals surface area contributed by atoms with E-state index in [-0.39, 0.29) is 18.1 Å². The van der Waals surface area contributed by atoms with Crippen LogP contribution in [0.5, 0.6) is 0 Å². The summed E-state index contributed by atoms with van der Waals surface area (Å²) in [6.45, 7) is 8.20. The summed E-state index contributed by atoms with van der Waals surface area (Å²) in [5.74, 6) is 0. The summed E-state index contributed by atoms with van der Waals surface area (Å²) >= 11 is 0. The molecule has 100 valence electrons. The lowest BCUT2D eigenvalue weighted by molar-refractivity contribution is 0.233. The molecule has 1 aromatic carbocycles. The van der Waals surface area contributed by atoms with Crippen molar-refractivity contribution in [3.63, 3.8) is 0 Å². The maximum atomic E-state index is 11.8. The zero-order valence-corrected chi connectivity index (χ0v) is 11.8. The second-order valence-corrected chi connectivity index (χ2v) is 4.80. The zero-order valence-electron chi connectivity index (χ0n) is 11.8. The molecule has 2 atom stereocenters. The van der Waals surface area contributed by atoms with E-state index in [2.05, 4.69) is 55.7 Å². The van der Waals surface area contributed by atoms with Gasteiger partial charge in [-0.05, 0) is 32.3 Å². The molecule has 0 spiro atoms. The summed E-state index contributed by atoms with van der Waals surface area (Å²) in [6.07, 6.45) is 1.83. The fraction of sp³-hybridized carbons (Fsp3) is 0.533. The Morgan fingerprint density at radius 2 is 1.72 bits per heavy atom. The SMILES string of the molecule is CC[C@H](C)NC(=O)N[C@H](CC)c1ccc(C)cc1. The van der Waals surface area contributed by atoms with E-state index >= 15 is 0 Å². The first-order chi connectivity index (χ1) is 8.56. The quantitative estimate of drug-likeness (QED) is 0.822. The topological polar surface area (TPSA) is 41.1 Å². The Balaban J connectivity index is 2.61. The van der Waals surface area contributed by atoms with E-state index in [0.717, 1.165) is 18.4 Å². The molecule has 0 aliphatic rings. The Bertz CT molecular complexity index is 373. The van der Waals surface area contributed by atoms with Gasteiger partial charge in [0.1, 0.15) is 0 Å². The number of nitrogens with one attached hydrogen (secondary N) is 2. The van der Waals surface area contributed by atoms with Crippen molar-refractivity contribution in [2.24, 2.45) is 0 Å². The number of carbonyl (C=O) groups excluding carboxylic acids is 1. The van der Waals surface area contributed by atoms with Crippen LogP contribution in [0.2, 0.25) is 0 Å². The molecular formula is C15H24N2O. The highest BCUT2D eigenvalue weighted by Crippen LogP contribution is 2.16. The summed E-state index contributed by atoms with van der Waals surface area (Å²) in [5, 5.41) is 5.94. The predicted octanol–water partition coefficient (Wildman–Crippen LogP) is 3.54. The number of urea groups is 1. The fourth-order valence-corrected chi connectivity index (χ4v) is 1.75.